The number of rotatable bonds is 6. The van der Waals surface area contributed by atoms with E-state index >= 15 is 0 Å². The van der Waals surface area contributed by atoms with Crippen molar-refractivity contribution in [2.24, 2.45) is 11.3 Å². The Hall–Kier alpha value is -0.0800. The fourth-order valence-corrected chi connectivity index (χ4v) is 2.72. The first-order valence-corrected chi connectivity index (χ1v) is 7.31. The zero-order chi connectivity index (χ0) is 12.7. The Labute approximate surface area is 108 Å². The molecule has 1 heterocycles. The molecule has 17 heavy (non-hydrogen) atoms. The fourth-order valence-electron chi connectivity index (χ4n) is 2.72. The van der Waals surface area contributed by atoms with Gasteiger partial charge in [-0.15, -0.1) is 0 Å². The average Bonchev–Trinajstić information content (AvgIpc) is 2.25. The lowest BCUT2D eigenvalue weighted by atomic mass is 9.80. The van der Waals surface area contributed by atoms with Crippen LogP contribution in [0.25, 0.3) is 0 Å². The molecule has 1 saturated heterocycles. The van der Waals surface area contributed by atoms with Gasteiger partial charge in [-0.05, 0) is 50.1 Å². The highest BCUT2D eigenvalue weighted by Crippen LogP contribution is 2.30. The normalized spacial score (nSPS) is 19.8. The van der Waals surface area contributed by atoms with Crippen LogP contribution >= 0.6 is 0 Å². The standard InChI is InChI=1S/C15H31NO/c1-5-11-17-12-10-16-8-6-14(7-9-16)13-15(2,3)4/h14H,5-13H2,1-4H3. The van der Waals surface area contributed by atoms with E-state index in [9.17, 15) is 0 Å². The monoisotopic (exact) mass is 241 g/mol. The second-order valence-corrected chi connectivity index (χ2v) is 6.66. The van der Waals surface area contributed by atoms with Crippen LogP contribution in [0, 0.1) is 11.3 Å². The number of likely N-dealkylation sites (tertiary alicyclic amines) is 1. The molecule has 0 aliphatic carbocycles. The third-order valence-corrected chi connectivity index (χ3v) is 3.51. The Bertz CT molecular complexity index is 190. The van der Waals surface area contributed by atoms with Gasteiger partial charge in [-0.1, -0.05) is 27.7 Å². The summed E-state index contributed by atoms with van der Waals surface area (Å²) in [5.41, 5.74) is 0.497. The molecule has 1 fully saturated rings. The third-order valence-electron chi connectivity index (χ3n) is 3.51. The van der Waals surface area contributed by atoms with E-state index in [4.69, 9.17) is 4.74 Å². The first-order chi connectivity index (χ1) is 8.01. The van der Waals surface area contributed by atoms with E-state index in [-0.39, 0.29) is 0 Å². The predicted molar refractivity (Wildman–Crippen MR) is 74.3 cm³/mol. The van der Waals surface area contributed by atoms with E-state index in [1.54, 1.807) is 0 Å². The van der Waals surface area contributed by atoms with Gasteiger partial charge in [-0.25, -0.2) is 0 Å². The smallest absolute Gasteiger partial charge is 0.0593 e. The average molecular weight is 241 g/mol. The molecule has 2 nitrogen and oxygen atoms in total. The molecule has 0 radical (unpaired) electrons. The van der Waals surface area contributed by atoms with E-state index in [0.717, 1.165) is 32.1 Å². The molecule has 0 bridgehead atoms. The maximum atomic E-state index is 5.55. The molecule has 0 amide bonds. The van der Waals surface area contributed by atoms with Crippen molar-refractivity contribution in [3.8, 4) is 0 Å². The predicted octanol–water partition coefficient (Wildman–Crippen LogP) is 3.56. The molecular weight excluding hydrogens is 210 g/mol. The van der Waals surface area contributed by atoms with Crippen molar-refractivity contribution in [1.29, 1.82) is 0 Å². The van der Waals surface area contributed by atoms with Crippen LogP contribution in [0.1, 0.15) is 53.4 Å². The Kier molecular flexibility index (Phi) is 6.50. The molecule has 0 unspecified atom stereocenters. The van der Waals surface area contributed by atoms with Gasteiger partial charge in [-0.2, -0.15) is 0 Å². The molecule has 0 aromatic rings. The van der Waals surface area contributed by atoms with E-state index in [2.05, 4.69) is 32.6 Å². The van der Waals surface area contributed by atoms with Crippen molar-refractivity contribution < 1.29 is 4.74 Å². The number of piperidine rings is 1. The van der Waals surface area contributed by atoms with Crippen molar-refractivity contribution in [1.82, 2.24) is 4.90 Å². The first kappa shape index (κ1) is 15.0. The highest BCUT2D eigenvalue weighted by molar-refractivity contribution is 4.76. The highest BCUT2D eigenvalue weighted by Gasteiger charge is 2.23. The molecule has 0 spiro atoms. The van der Waals surface area contributed by atoms with Crippen molar-refractivity contribution >= 4 is 0 Å². The topological polar surface area (TPSA) is 12.5 Å². The van der Waals surface area contributed by atoms with E-state index in [1.165, 1.54) is 32.4 Å². The van der Waals surface area contributed by atoms with Gasteiger partial charge in [0.15, 0.2) is 0 Å². The van der Waals surface area contributed by atoms with Crippen LogP contribution in [0.4, 0.5) is 0 Å². The molecule has 0 atom stereocenters. The summed E-state index contributed by atoms with van der Waals surface area (Å²) in [6.07, 6.45) is 5.27. The molecule has 0 aromatic carbocycles. The summed E-state index contributed by atoms with van der Waals surface area (Å²) in [4.78, 5) is 2.56. The highest BCUT2D eigenvalue weighted by atomic mass is 16.5. The van der Waals surface area contributed by atoms with Crippen LogP contribution in [-0.4, -0.2) is 37.7 Å². The van der Waals surface area contributed by atoms with Crippen LogP contribution in [0.3, 0.4) is 0 Å². The van der Waals surface area contributed by atoms with Crippen molar-refractivity contribution in [2.45, 2.75) is 53.4 Å². The van der Waals surface area contributed by atoms with Crippen LogP contribution in [-0.2, 0) is 4.74 Å². The summed E-state index contributed by atoms with van der Waals surface area (Å²) in [7, 11) is 0. The molecule has 0 N–H and O–H groups in total. The van der Waals surface area contributed by atoms with Crippen molar-refractivity contribution in [3.63, 3.8) is 0 Å². The Morgan fingerprint density at radius 1 is 1.12 bits per heavy atom. The third kappa shape index (κ3) is 7.05. The van der Waals surface area contributed by atoms with Gasteiger partial charge in [0.25, 0.3) is 0 Å². The largest absolute Gasteiger partial charge is 0.380 e. The summed E-state index contributed by atoms with van der Waals surface area (Å²) >= 11 is 0. The summed E-state index contributed by atoms with van der Waals surface area (Å²) in [6.45, 7) is 14.7. The van der Waals surface area contributed by atoms with Gasteiger partial charge in [0.1, 0.15) is 0 Å². The maximum absolute atomic E-state index is 5.55. The molecule has 1 aliphatic heterocycles. The minimum absolute atomic E-state index is 0.497. The van der Waals surface area contributed by atoms with Crippen LogP contribution in [0.5, 0.6) is 0 Å². The van der Waals surface area contributed by atoms with E-state index < -0.39 is 0 Å². The minimum Gasteiger partial charge on any atom is -0.380 e. The lowest BCUT2D eigenvalue weighted by Gasteiger charge is -2.34. The van der Waals surface area contributed by atoms with Gasteiger partial charge in [0.05, 0.1) is 6.61 Å². The van der Waals surface area contributed by atoms with Gasteiger partial charge in [-0.3, -0.25) is 0 Å². The van der Waals surface area contributed by atoms with Gasteiger partial charge >= 0.3 is 0 Å². The molecule has 1 aliphatic rings. The second-order valence-electron chi connectivity index (χ2n) is 6.66. The summed E-state index contributed by atoms with van der Waals surface area (Å²) in [5.74, 6) is 0.947. The minimum atomic E-state index is 0.497. The maximum Gasteiger partial charge on any atom is 0.0593 e. The van der Waals surface area contributed by atoms with Gasteiger partial charge in [0.2, 0.25) is 0 Å². The Balaban J connectivity index is 2.09. The van der Waals surface area contributed by atoms with Gasteiger partial charge < -0.3 is 9.64 Å². The molecule has 0 aromatic heterocycles. The Morgan fingerprint density at radius 3 is 2.29 bits per heavy atom. The second kappa shape index (κ2) is 7.38. The summed E-state index contributed by atoms with van der Waals surface area (Å²) in [6, 6.07) is 0. The number of nitrogens with zero attached hydrogens (tertiary/aromatic N) is 1. The molecule has 102 valence electrons. The van der Waals surface area contributed by atoms with Crippen LogP contribution in [0.15, 0.2) is 0 Å². The molecular formula is C15H31NO. The zero-order valence-corrected chi connectivity index (χ0v) is 12.3. The lowest BCUT2D eigenvalue weighted by Crippen LogP contribution is -2.36. The van der Waals surface area contributed by atoms with Crippen molar-refractivity contribution in [2.75, 3.05) is 32.8 Å². The summed E-state index contributed by atoms with van der Waals surface area (Å²) in [5, 5.41) is 0. The van der Waals surface area contributed by atoms with Crippen LogP contribution < -0.4 is 0 Å². The number of hydrogen-bond acceptors (Lipinski definition) is 2. The number of hydrogen-bond donors (Lipinski definition) is 0. The van der Waals surface area contributed by atoms with E-state index in [0.29, 0.717) is 5.41 Å². The molecule has 0 saturated carbocycles. The SMILES string of the molecule is CCCOCCN1CCC(CC(C)(C)C)CC1. The molecule has 2 heteroatoms. The van der Waals surface area contributed by atoms with E-state index in [1.807, 2.05) is 0 Å². The number of ether oxygens (including phenoxy) is 1. The summed E-state index contributed by atoms with van der Waals surface area (Å²) < 4.78 is 5.55. The first-order valence-electron chi connectivity index (χ1n) is 7.31. The zero-order valence-electron chi connectivity index (χ0n) is 12.3. The Morgan fingerprint density at radius 2 is 1.76 bits per heavy atom. The fraction of sp³-hybridized carbons (Fsp3) is 1.00. The van der Waals surface area contributed by atoms with Gasteiger partial charge in [0, 0.05) is 13.2 Å². The van der Waals surface area contributed by atoms with Crippen molar-refractivity contribution in [3.05, 3.63) is 0 Å². The lowest BCUT2D eigenvalue weighted by molar-refractivity contribution is 0.0831. The molecule has 1 rings (SSSR count). The van der Waals surface area contributed by atoms with Crippen LogP contribution in [0.2, 0.25) is 0 Å². The quantitative estimate of drug-likeness (QED) is 0.659.